The Morgan fingerprint density at radius 2 is 1.78 bits per heavy atom. The van der Waals surface area contributed by atoms with Crippen molar-refractivity contribution in [2.24, 2.45) is 28.6 Å². The molecule has 3 aliphatic carbocycles. The van der Waals surface area contributed by atoms with Crippen LogP contribution < -0.4 is 0 Å². The molecule has 2 fully saturated rings. The monoisotopic (exact) mass is 374 g/mol. The van der Waals surface area contributed by atoms with Crippen molar-refractivity contribution in [3.8, 4) is 0 Å². The molecule has 0 aliphatic heterocycles. The molecule has 0 heterocycles. The summed E-state index contributed by atoms with van der Waals surface area (Å²) in [5, 5.41) is 0. The van der Waals surface area contributed by atoms with Gasteiger partial charge in [0.2, 0.25) is 0 Å². The molecule has 4 atom stereocenters. The van der Waals surface area contributed by atoms with Crippen LogP contribution in [0.15, 0.2) is 11.1 Å². The van der Waals surface area contributed by atoms with E-state index in [2.05, 4.69) is 20.8 Å². The normalized spacial score (nSPS) is 34.6. The number of Topliss-reactive ketones (excluding diaryl/α,β-unsaturated/α-hetero) is 1. The van der Waals surface area contributed by atoms with Crippen molar-refractivity contribution in [2.75, 3.05) is 0 Å². The Balaban J connectivity index is 1.98. The van der Waals surface area contributed by atoms with E-state index in [9.17, 15) is 9.59 Å². The molecule has 0 aromatic rings. The number of carbonyl (C=O) groups is 2. The van der Waals surface area contributed by atoms with Crippen LogP contribution in [0.25, 0.3) is 0 Å². The lowest BCUT2D eigenvalue weighted by Gasteiger charge is -2.59. The van der Waals surface area contributed by atoms with E-state index in [1.54, 1.807) is 0 Å². The van der Waals surface area contributed by atoms with Gasteiger partial charge in [0.05, 0.1) is 5.92 Å². The largest absolute Gasteiger partial charge is 0.460 e. The number of allylic oxidation sites excluding steroid dienone is 1. The molecule has 3 nitrogen and oxygen atoms in total. The van der Waals surface area contributed by atoms with Crippen LogP contribution in [0.2, 0.25) is 0 Å². The van der Waals surface area contributed by atoms with Gasteiger partial charge in [0.25, 0.3) is 0 Å². The smallest absolute Gasteiger partial charge is 0.313 e. The van der Waals surface area contributed by atoms with Gasteiger partial charge in [-0.3, -0.25) is 9.59 Å². The topological polar surface area (TPSA) is 43.4 Å². The Morgan fingerprint density at radius 1 is 1.11 bits per heavy atom. The lowest BCUT2D eigenvalue weighted by molar-refractivity contribution is -0.158. The molecule has 1 unspecified atom stereocenters. The van der Waals surface area contributed by atoms with Crippen LogP contribution >= 0.6 is 0 Å². The first-order chi connectivity index (χ1) is 12.4. The second kappa shape index (κ2) is 6.74. The van der Waals surface area contributed by atoms with Gasteiger partial charge in [0.1, 0.15) is 5.60 Å². The molecule has 0 bridgehead atoms. The summed E-state index contributed by atoms with van der Waals surface area (Å²) in [5.74, 6) is 0.630. The Bertz CT molecular complexity index is 664. The minimum Gasteiger partial charge on any atom is -0.460 e. The van der Waals surface area contributed by atoms with E-state index in [-0.39, 0.29) is 17.2 Å². The molecule has 2 saturated carbocycles. The Labute approximate surface area is 165 Å². The van der Waals surface area contributed by atoms with Gasteiger partial charge in [-0.2, -0.15) is 0 Å². The Hall–Kier alpha value is -1.12. The third kappa shape index (κ3) is 3.63. The predicted molar refractivity (Wildman–Crippen MR) is 108 cm³/mol. The zero-order chi connectivity index (χ0) is 20.2. The third-order valence-corrected chi connectivity index (χ3v) is 7.69. The summed E-state index contributed by atoms with van der Waals surface area (Å²) < 4.78 is 5.62. The summed E-state index contributed by atoms with van der Waals surface area (Å²) in [6.07, 6.45) is 7.49. The fourth-order valence-corrected chi connectivity index (χ4v) is 6.62. The van der Waals surface area contributed by atoms with Crippen LogP contribution in [-0.2, 0) is 14.3 Å². The molecule has 3 heteroatoms. The fraction of sp³-hybridized carbons (Fsp3) is 0.833. The van der Waals surface area contributed by atoms with E-state index < -0.39 is 11.5 Å². The zero-order valence-corrected chi connectivity index (χ0v) is 18.4. The minimum absolute atomic E-state index is 0.178. The number of rotatable bonds is 2. The van der Waals surface area contributed by atoms with Crippen LogP contribution in [0.1, 0.15) is 93.4 Å². The maximum absolute atomic E-state index is 12.9. The second-order valence-corrected chi connectivity index (χ2v) is 11.1. The maximum atomic E-state index is 12.9. The molecule has 0 aromatic carbocycles. The van der Waals surface area contributed by atoms with Gasteiger partial charge in [0.15, 0.2) is 5.78 Å². The van der Waals surface area contributed by atoms with Crippen molar-refractivity contribution in [1.29, 1.82) is 0 Å². The van der Waals surface area contributed by atoms with Crippen LogP contribution in [-0.4, -0.2) is 17.4 Å². The van der Waals surface area contributed by atoms with Gasteiger partial charge >= 0.3 is 5.97 Å². The van der Waals surface area contributed by atoms with Crippen LogP contribution in [0.3, 0.4) is 0 Å². The first-order valence-corrected chi connectivity index (χ1v) is 10.9. The summed E-state index contributed by atoms with van der Waals surface area (Å²) in [6.45, 7) is 14.9. The van der Waals surface area contributed by atoms with Crippen molar-refractivity contribution < 1.29 is 14.3 Å². The highest BCUT2D eigenvalue weighted by molar-refractivity contribution is 6.02. The van der Waals surface area contributed by atoms with Crippen molar-refractivity contribution in [1.82, 2.24) is 0 Å². The highest BCUT2D eigenvalue weighted by atomic mass is 16.6. The third-order valence-electron chi connectivity index (χ3n) is 7.69. The van der Waals surface area contributed by atoms with E-state index in [1.807, 2.05) is 27.7 Å². The lowest BCUT2D eigenvalue weighted by Crippen LogP contribution is -2.51. The van der Waals surface area contributed by atoms with Crippen molar-refractivity contribution in [3.63, 3.8) is 0 Å². The van der Waals surface area contributed by atoms with E-state index in [0.717, 1.165) is 24.8 Å². The van der Waals surface area contributed by atoms with Gasteiger partial charge in [-0.05, 0) is 82.5 Å². The highest BCUT2D eigenvalue weighted by Gasteiger charge is 2.55. The van der Waals surface area contributed by atoms with Gasteiger partial charge in [-0.1, -0.05) is 32.8 Å². The Morgan fingerprint density at radius 3 is 2.41 bits per heavy atom. The molecule has 0 N–H and O–H groups in total. The standard InChI is InChI=1S/C24H38O3/c1-15(21(26)27-22(2,3)4)20-16-9-12-19-23(5,6)13-8-14-24(19,7)17(16)10-11-18(20)25/h15,17,19H,8-14H2,1-7H3/t15?,17-,19-,24+/m0/s1. The van der Waals surface area contributed by atoms with Crippen LogP contribution in [0.4, 0.5) is 0 Å². The molecule has 27 heavy (non-hydrogen) atoms. The quantitative estimate of drug-likeness (QED) is 0.568. The second-order valence-electron chi connectivity index (χ2n) is 11.1. The van der Waals surface area contributed by atoms with E-state index in [0.29, 0.717) is 23.7 Å². The molecule has 3 aliphatic rings. The van der Waals surface area contributed by atoms with Crippen molar-refractivity contribution >= 4 is 11.8 Å². The van der Waals surface area contributed by atoms with Gasteiger partial charge in [-0.15, -0.1) is 0 Å². The van der Waals surface area contributed by atoms with Crippen molar-refractivity contribution in [2.45, 2.75) is 99.0 Å². The molecular weight excluding hydrogens is 336 g/mol. The molecular formula is C24H38O3. The number of hydrogen-bond acceptors (Lipinski definition) is 3. The summed E-state index contributed by atoms with van der Waals surface area (Å²) >= 11 is 0. The van der Waals surface area contributed by atoms with Crippen molar-refractivity contribution in [3.05, 3.63) is 11.1 Å². The summed E-state index contributed by atoms with van der Waals surface area (Å²) in [4.78, 5) is 25.6. The van der Waals surface area contributed by atoms with E-state index >= 15 is 0 Å². The molecule has 152 valence electrons. The summed E-state index contributed by atoms with van der Waals surface area (Å²) in [6, 6.07) is 0. The Kier molecular flexibility index (Phi) is 5.15. The zero-order valence-electron chi connectivity index (χ0n) is 18.4. The average Bonchev–Trinajstić information content (AvgIpc) is 2.51. The first-order valence-electron chi connectivity index (χ1n) is 10.9. The molecule has 0 radical (unpaired) electrons. The van der Waals surface area contributed by atoms with E-state index in [4.69, 9.17) is 4.74 Å². The molecule has 0 amide bonds. The minimum atomic E-state index is -0.523. The fourth-order valence-electron chi connectivity index (χ4n) is 6.62. The van der Waals surface area contributed by atoms with Gasteiger partial charge in [-0.25, -0.2) is 0 Å². The molecule has 0 saturated heterocycles. The number of hydrogen-bond donors (Lipinski definition) is 0. The number of ether oxygens (including phenoxy) is 1. The number of ketones is 1. The number of carbonyl (C=O) groups excluding carboxylic acids is 2. The van der Waals surface area contributed by atoms with Crippen LogP contribution in [0.5, 0.6) is 0 Å². The summed E-state index contributed by atoms with van der Waals surface area (Å²) in [7, 11) is 0. The molecule has 3 rings (SSSR count). The highest BCUT2D eigenvalue weighted by Crippen LogP contribution is 2.63. The number of esters is 1. The molecule has 0 aromatic heterocycles. The summed E-state index contributed by atoms with van der Waals surface area (Å²) in [5.41, 5.74) is 2.20. The lowest BCUT2D eigenvalue weighted by atomic mass is 9.45. The maximum Gasteiger partial charge on any atom is 0.313 e. The van der Waals surface area contributed by atoms with E-state index in [1.165, 1.54) is 24.8 Å². The van der Waals surface area contributed by atoms with Gasteiger partial charge < -0.3 is 4.74 Å². The predicted octanol–water partition coefficient (Wildman–Crippen LogP) is 5.87. The average molecular weight is 375 g/mol. The number of fused-ring (bicyclic) bond motifs is 3. The van der Waals surface area contributed by atoms with Gasteiger partial charge in [0, 0.05) is 12.0 Å². The van der Waals surface area contributed by atoms with Crippen LogP contribution in [0, 0.1) is 28.6 Å². The first kappa shape index (κ1) is 20.6. The molecule has 0 spiro atoms. The SMILES string of the molecule is CC(C(=O)OC(C)(C)C)C1=C2CC[C@H]3C(C)(C)CCC[C@]3(C)[C@H]2CCC1=O.